The number of aliphatic hydroxyl groups excluding tert-OH is 1. The van der Waals surface area contributed by atoms with Crippen LogP contribution >= 0.6 is 0 Å². The fourth-order valence-corrected chi connectivity index (χ4v) is 2.10. The first-order valence-electron chi connectivity index (χ1n) is 5.78. The van der Waals surface area contributed by atoms with Gasteiger partial charge in [-0.2, -0.15) is 0 Å². The van der Waals surface area contributed by atoms with Crippen molar-refractivity contribution in [2.75, 3.05) is 18.8 Å². The highest BCUT2D eigenvalue weighted by atomic mass is 16.3. The number of carbonyl (C=O) groups is 1. The maximum Gasteiger partial charge on any atom is 0.272 e. The Balaban J connectivity index is 2.07. The molecule has 2 atom stereocenters. The summed E-state index contributed by atoms with van der Waals surface area (Å²) in [5.41, 5.74) is 5.92. The van der Waals surface area contributed by atoms with Crippen molar-refractivity contribution in [1.82, 2.24) is 9.88 Å². The van der Waals surface area contributed by atoms with E-state index in [0.29, 0.717) is 24.6 Å². The second kappa shape index (κ2) is 4.71. The number of hydrogen-bond acceptors (Lipinski definition) is 4. The first-order valence-corrected chi connectivity index (χ1v) is 5.78. The molecule has 0 saturated carbocycles. The zero-order valence-corrected chi connectivity index (χ0v) is 9.84. The number of nitrogen functional groups attached to an aromatic ring is 1. The molecule has 1 aliphatic rings. The van der Waals surface area contributed by atoms with Crippen LogP contribution in [0.25, 0.3) is 0 Å². The molecule has 1 amide bonds. The molecule has 0 radical (unpaired) electrons. The lowest BCUT2D eigenvalue weighted by Crippen LogP contribution is -2.31. The number of aromatic nitrogens is 1. The highest BCUT2D eigenvalue weighted by molar-refractivity contribution is 5.92. The fourth-order valence-electron chi connectivity index (χ4n) is 2.10. The summed E-state index contributed by atoms with van der Waals surface area (Å²) in [7, 11) is 0. The van der Waals surface area contributed by atoms with Gasteiger partial charge in [0.15, 0.2) is 0 Å². The van der Waals surface area contributed by atoms with E-state index >= 15 is 0 Å². The van der Waals surface area contributed by atoms with E-state index < -0.39 is 0 Å². The smallest absolute Gasteiger partial charge is 0.272 e. The van der Waals surface area contributed by atoms with Crippen LogP contribution in [-0.4, -0.2) is 40.1 Å². The molecule has 1 fully saturated rings. The highest BCUT2D eigenvalue weighted by Gasteiger charge is 2.29. The summed E-state index contributed by atoms with van der Waals surface area (Å²) in [4.78, 5) is 17.8. The minimum absolute atomic E-state index is 0.111. The molecule has 3 N–H and O–H groups in total. The van der Waals surface area contributed by atoms with Gasteiger partial charge in [-0.3, -0.25) is 4.79 Å². The lowest BCUT2D eigenvalue weighted by molar-refractivity contribution is 0.0757. The number of carbonyl (C=O) groups excluding carboxylic acids is 1. The summed E-state index contributed by atoms with van der Waals surface area (Å²) in [6, 6.07) is 5.03. The second-order valence-electron chi connectivity index (χ2n) is 4.49. The predicted octanol–water partition coefficient (Wildman–Crippen LogP) is 0.507. The molecule has 1 aromatic heterocycles. The average molecular weight is 235 g/mol. The maximum absolute atomic E-state index is 12.1. The number of amides is 1. The minimum Gasteiger partial charge on any atom is -0.393 e. The van der Waals surface area contributed by atoms with Gasteiger partial charge in [0.25, 0.3) is 5.91 Å². The molecule has 1 saturated heterocycles. The Morgan fingerprint density at radius 1 is 1.65 bits per heavy atom. The van der Waals surface area contributed by atoms with Crippen molar-refractivity contribution in [3.63, 3.8) is 0 Å². The van der Waals surface area contributed by atoms with Gasteiger partial charge >= 0.3 is 0 Å². The van der Waals surface area contributed by atoms with Crippen LogP contribution in [0, 0.1) is 5.92 Å². The van der Waals surface area contributed by atoms with Gasteiger partial charge in [0.05, 0.1) is 6.10 Å². The van der Waals surface area contributed by atoms with E-state index in [2.05, 4.69) is 4.98 Å². The zero-order chi connectivity index (χ0) is 12.4. The second-order valence-corrected chi connectivity index (χ2v) is 4.49. The summed E-state index contributed by atoms with van der Waals surface area (Å²) >= 11 is 0. The number of likely N-dealkylation sites (tertiary alicyclic amines) is 1. The van der Waals surface area contributed by atoms with Crippen molar-refractivity contribution in [3.8, 4) is 0 Å². The topological polar surface area (TPSA) is 79.5 Å². The van der Waals surface area contributed by atoms with Gasteiger partial charge in [0.2, 0.25) is 0 Å². The van der Waals surface area contributed by atoms with Crippen molar-refractivity contribution in [1.29, 1.82) is 0 Å². The molecule has 5 nitrogen and oxygen atoms in total. The van der Waals surface area contributed by atoms with Crippen LogP contribution in [0.2, 0.25) is 0 Å². The Morgan fingerprint density at radius 2 is 2.41 bits per heavy atom. The number of rotatable bonds is 2. The third-order valence-corrected chi connectivity index (χ3v) is 3.18. The molecule has 0 bridgehead atoms. The largest absolute Gasteiger partial charge is 0.393 e. The van der Waals surface area contributed by atoms with Gasteiger partial charge in [0.1, 0.15) is 11.5 Å². The van der Waals surface area contributed by atoms with E-state index in [1.807, 2.05) is 0 Å². The van der Waals surface area contributed by atoms with E-state index in [9.17, 15) is 9.90 Å². The maximum atomic E-state index is 12.1. The van der Waals surface area contributed by atoms with Crippen LogP contribution in [0.1, 0.15) is 23.8 Å². The first-order chi connectivity index (χ1) is 8.08. The van der Waals surface area contributed by atoms with Crippen LogP contribution in [0.4, 0.5) is 5.82 Å². The standard InChI is InChI=1S/C12H17N3O2/c1-8(16)9-5-6-15(7-9)12(17)10-3-2-4-11(13)14-10/h2-4,8-9,16H,5-7H2,1H3,(H2,13,14). The SMILES string of the molecule is CC(O)C1CCN(C(=O)c2cccc(N)n2)C1. The Morgan fingerprint density at radius 3 is 3.00 bits per heavy atom. The quantitative estimate of drug-likeness (QED) is 0.782. The molecule has 0 spiro atoms. The van der Waals surface area contributed by atoms with E-state index in [1.165, 1.54) is 0 Å². The van der Waals surface area contributed by atoms with Gasteiger partial charge in [-0.1, -0.05) is 6.07 Å². The monoisotopic (exact) mass is 235 g/mol. The van der Waals surface area contributed by atoms with Crippen molar-refractivity contribution in [2.24, 2.45) is 5.92 Å². The average Bonchev–Trinajstić information content (AvgIpc) is 2.77. The fraction of sp³-hybridized carbons (Fsp3) is 0.500. The highest BCUT2D eigenvalue weighted by Crippen LogP contribution is 2.21. The Kier molecular flexibility index (Phi) is 3.28. The van der Waals surface area contributed by atoms with Gasteiger partial charge < -0.3 is 15.7 Å². The van der Waals surface area contributed by atoms with Crippen molar-refractivity contribution in [3.05, 3.63) is 23.9 Å². The molecular formula is C12H17N3O2. The van der Waals surface area contributed by atoms with Crippen LogP contribution < -0.4 is 5.73 Å². The van der Waals surface area contributed by atoms with Crippen LogP contribution in [0.15, 0.2) is 18.2 Å². The lowest BCUT2D eigenvalue weighted by Gasteiger charge is -2.17. The van der Waals surface area contributed by atoms with Crippen LogP contribution in [0.5, 0.6) is 0 Å². The van der Waals surface area contributed by atoms with Crippen molar-refractivity contribution >= 4 is 11.7 Å². The molecule has 2 heterocycles. The number of aliphatic hydroxyl groups is 1. The molecule has 92 valence electrons. The molecule has 0 aliphatic carbocycles. The number of nitrogens with zero attached hydrogens (tertiary/aromatic N) is 2. The van der Waals surface area contributed by atoms with Gasteiger partial charge in [-0.25, -0.2) is 4.98 Å². The molecule has 1 aromatic rings. The summed E-state index contributed by atoms with van der Waals surface area (Å²) in [5, 5.41) is 9.49. The van der Waals surface area contributed by atoms with Crippen molar-refractivity contribution < 1.29 is 9.90 Å². The summed E-state index contributed by atoms with van der Waals surface area (Å²) in [5.74, 6) is 0.405. The lowest BCUT2D eigenvalue weighted by atomic mass is 10.0. The number of hydrogen-bond donors (Lipinski definition) is 2. The van der Waals surface area contributed by atoms with Gasteiger partial charge in [-0.05, 0) is 25.5 Å². The normalized spacial score (nSPS) is 21.5. The number of anilines is 1. The Labute approximate surface area is 100 Å². The third kappa shape index (κ3) is 2.55. The van der Waals surface area contributed by atoms with Crippen LogP contribution in [0.3, 0.4) is 0 Å². The molecule has 1 aliphatic heterocycles. The van der Waals surface area contributed by atoms with Gasteiger partial charge in [0, 0.05) is 19.0 Å². The summed E-state index contributed by atoms with van der Waals surface area (Å²) < 4.78 is 0. The Hall–Kier alpha value is -1.62. The summed E-state index contributed by atoms with van der Waals surface area (Å²) in [6.07, 6.45) is 0.465. The predicted molar refractivity (Wildman–Crippen MR) is 64.3 cm³/mol. The van der Waals surface area contributed by atoms with E-state index in [4.69, 9.17) is 5.73 Å². The molecule has 2 rings (SSSR count). The van der Waals surface area contributed by atoms with E-state index in [0.717, 1.165) is 6.42 Å². The first kappa shape index (κ1) is 11.9. The van der Waals surface area contributed by atoms with E-state index in [1.54, 1.807) is 30.0 Å². The Bertz CT molecular complexity index is 420. The summed E-state index contributed by atoms with van der Waals surface area (Å²) in [6.45, 7) is 3.02. The molecule has 2 unspecified atom stereocenters. The molecule has 17 heavy (non-hydrogen) atoms. The van der Waals surface area contributed by atoms with Crippen molar-refractivity contribution in [2.45, 2.75) is 19.4 Å². The molecular weight excluding hydrogens is 218 g/mol. The molecule has 5 heteroatoms. The van der Waals surface area contributed by atoms with Gasteiger partial charge in [-0.15, -0.1) is 0 Å². The number of pyridine rings is 1. The van der Waals surface area contributed by atoms with E-state index in [-0.39, 0.29) is 17.9 Å². The van der Waals surface area contributed by atoms with Crippen LogP contribution in [-0.2, 0) is 0 Å². The third-order valence-electron chi connectivity index (χ3n) is 3.18. The zero-order valence-electron chi connectivity index (χ0n) is 9.84. The molecule has 0 aromatic carbocycles. The number of nitrogens with two attached hydrogens (primary N) is 1. The minimum atomic E-state index is -0.374.